The summed E-state index contributed by atoms with van der Waals surface area (Å²) in [6.07, 6.45) is 5.90. The van der Waals surface area contributed by atoms with Gasteiger partial charge in [0, 0.05) is 28.9 Å². The molecule has 1 aromatic heterocycles. The number of fused-ring (bicyclic) bond motifs is 1. The Kier molecular flexibility index (Phi) is 6.01. The minimum absolute atomic E-state index is 0.0382. The lowest BCUT2D eigenvalue weighted by Gasteiger charge is -2.35. The molecule has 1 atom stereocenters. The van der Waals surface area contributed by atoms with Gasteiger partial charge in [-0.3, -0.25) is 9.58 Å². The number of methoxy groups -OCH3 is 1. The number of hydrogen-bond acceptors (Lipinski definition) is 5. The highest BCUT2D eigenvalue weighted by Gasteiger charge is 2.32. The van der Waals surface area contributed by atoms with Gasteiger partial charge in [0.1, 0.15) is 5.75 Å². The summed E-state index contributed by atoms with van der Waals surface area (Å²) in [6.45, 7) is 5.18. The van der Waals surface area contributed by atoms with Crippen molar-refractivity contribution in [3.63, 3.8) is 0 Å². The minimum atomic E-state index is -0.353. The number of carbonyl (C=O) groups is 1. The fourth-order valence-electron chi connectivity index (χ4n) is 3.50. The van der Waals surface area contributed by atoms with Gasteiger partial charge in [0.25, 0.3) is 0 Å². The van der Waals surface area contributed by atoms with Crippen LogP contribution in [0.2, 0.25) is 0 Å². The standard InChI is InChI=1S/C20H27N3O4/c1-4-11-27-19-16(15-12-21-22(13-15)9-10-24)7-8-18-17(19)6-5-14(2)23(18)20(25)26-3/h7-8,12-14,24H,4-6,9-11H2,1-3H3. The van der Waals surface area contributed by atoms with Crippen LogP contribution in [0.15, 0.2) is 24.5 Å². The monoisotopic (exact) mass is 373 g/mol. The third kappa shape index (κ3) is 3.78. The third-order valence-corrected chi connectivity index (χ3v) is 4.84. The molecule has 0 spiro atoms. The summed E-state index contributed by atoms with van der Waals surface area (Å²) in [5.41, 5.74) is 3.75. The van der Waals surface area contributed by atoms with Gasteiger partial charge in [0.05, 0.1) is 38.8 Å². The molecule has 0 aliphatic carbocycles. The second-order valence-electron chi connectivity index (χ2n) is 6.73. The van der Waals surface area contributed by atoms with Gasteiger partial charge in [-0.2, -0.15) is 5.10 Å². The molecule has 0 bridgehead atoms. The van der Waals surface area contributed by atoms with Crippen molar-refractivity contribution in [1.82, 2.24) is 9.78 Å². The predicted molar refractivity (Wildman–Crippen MR) is 103 cm³/mol. The van der Waals surface area contributed by atoms with Crippen LogP contribution in [0, 0.1) is 0 Å². The summed E-state index contributed by atoms with van der Waals surface area (Å²) >= 11 is 0. The van der Waals surface area contributed by atoms with Crippen LogP contribution in [0.1, 0.15) is 32.3 Å². The topological polar surface area (TPSA) is 76.8 Å². The van der Waals surface area contributed by atoms with Crippen molar-refractivity contribution >= 4 is 11.8 Å². The van der Waals surface area contributed by atoms with Gasteiger partial charge >= 0.3 is 6.09 Å². The number of aliphatic hydroxyl groups excluding tert-OH is 1. The Bertz CT molecular complexity index is 803. The van der Waals surface area contributed by atoms with Crippen LogP contribution in [0.5, 0.6) is 5.75 Å². The van der Waals surface area contributed by atoms with Crippen LogP contribution in [0.25, 0.3) is 11.1 Å². The molecule has 3 rings (SSSR count). The van der Waals surface area contributed by atoms with Crippen LogP contribution < -0.4 is 9.64 Å². The molecule has 0 saturated heterocycles. The zero-order chi connectivity index (χ0) is 19.4. The zero-order valence-electron chi connectivity index (χ0n) is 16.1. The molecule has 1 unspecified atom stereocenters. The van der Waals surface area contributed by atoms with Crippen molar-refractivity contribution in [3.05, 3.63) is 30.1 Å². The molecule has 0 fully saturated rings. The molecule has 0 radical (unpaired) electrons. The first-order chi connectivity index (χ1) is 13.1. The molecule has 146 valence electrons. The summed E-state index contributed by atoms with van der Waals surface area (Å²) in [7, 11) is 1.40. The summed E-state index contributed by atoms with van der Waals surface area (Å²) < 4.78 is 12.8. The molecular formula is C20H27N3O4. The van der Waals surface area contributed by atoms with Crippen molar-refractivity contribution in [2.75, 3.05) is 25.2 Å². The number of ether oxygens (including phenoxy) is 2. The van der Waals surface area contributed by atoms with E-state index in [0.717, 1.165) is 47.4 Å². The van der Waals surface area contributed by atoms with E-state index in [0.29, 0.717) is 13.2 Å². The fraction of sp³-hybridized carbons (Fsp3) is 0.500. The first-order valence-electron chi connectivity index (χ1n) is 9.40. The summed E-state index contributed by atoms with van der Waals surface area (Å²) in [4.78, 5) is 14.0. The molecule has 7 nitrogen and oxygen atoms in total. The van der Waals surface area contributed by atoms with E-state index >= 15 is 0 Å². The van der Waals surface area contributed by atoms with Crippen molar-refractivity contribution in [2.24, 2.45) is 0 Å². The lowest BCUT2D eigenvalue weighted by atomic mass is 9.92. The Morgan fingerprint density at radius 3 is 2.93 bits per heavy atom. The maximum Gasteiger partial charge on any atom is 0.414 e. The average Bonchev–Trinajstić information content (AvgIpc) is 3.14. The number of hydrogen-bond donors (Lipinski definition) is 1. The van der Waals surface area contributed by atoms with E-state index in [-0.39, 0.29) is 18.7 Å². The second-order valence-corrected chi connectivity index (χ2v) is 6.73. The SMILES string of the molecule is CCCOc1c(-c2cnn(CCO)c2)ccc2c1CCC(C)N2C(=O)OC. The van der Waals surface area contributed by atoms with E-state index in [9.17, 15) is 4.79 Å². The van der Waals surface area contributed by atoms with Crippen LogP contribution >= 0.6 is 0 Å². The maximum absolute atomic E-state index is 12.3. The highest BCUT2D eigenvalue weighted by Crippen LogP contribution is 2.43. The molecule has 1 aromatic carbocycles. The predicted octanol–water partition coefficient (Wildman–Crippen LogP) is 3.24. The maximum atomic E-state index is 12.3. The molecule has 7 heteroatoms. The van der Waals surface area contributed by atoms with Crippen LogP contribution in [0.3, 0.4) is 0 Å². The van der Waals surface area contributed by atoms with Gasteiger partial charge in [-0.1, -0.05) is 6.92 Å². The molecule has 1 aliphatic rings. The Labute approximate surface area is 159 Å². The van der Waals surface area contributed by atoms with E-state index in [2.05, 4.69) is 12.0 Å². The molecule has 1 aliphatic heterocycles. The van der Waals surface area contributed by atoms with Crippen molar-refractivity contribution in [2.45, 2.75) is 45.7 Å². The number of rotatable bonds is 6. The summed E-state index contributed by atoms with van der Waals surface area (Å²) in [6, 6.07) is 4.00. The molecule has 1 N–H and O–H groups in total. The first kappa shape index (κ1) is 19.2. The lowest BCUT2D eigenvalue weighted by Crippen LogP contribution is -2.42. The average molecular weight is 373 g/mol. The van der Waals surface area contributed by atoms with E-state index in [4.69, 9.17) is 14.6 Å². The molecular weight excluding hydrogens is 346 g/mol. The van der Waals surface area contributed by atoms with Gasteiger partial charge in [-0.25, -0.2) is 4.79 Å². The van der Waals surface area contributed by atoms with E-state index in [1.165, 1.54) is 7.11 Å². The van der Waals surface area contributed by atoms with Gasteiger partial charge in [0.2, 0.25) is 0 Å². The van der Waals surface area contributed by atoms with Crippen LogP contribution in [-0.4, -0.2) is 47.3 Å². The second kappa shape index (κ2) is 8.43. The number of benzene rings is 1. The number of aliphatic hydroxyl groups is 1. The molecule has 1 amide bonds. The fourth-order valence-corrected chi connectivity index (χ4v) is 3.50. The Morgan fingerprint density at radius 1 is 1.41 bits per heavy atom. The van der Waals surface area contributed by atoms with Crippen LogP contribution in [0.4, 0.5) is 10.5 Å². The number of nitrogens with zero attached hydrogens (tertiary/aromatic N) is 3. The van der Waals surface area contributed by atoms with Crippen molar-refractivity contribution < 1.29 is 19.4 Å². The van der Waals surface area contributed by atoms with Crippen molar-refractivity contribution in [3.8, 4) is 16.9 Å². The van der Waals surface area contributed by atoms with E-state index in [1.807, 2.05) is 25.3 Å². The highest BCUT2D eigenvalue weighted by atomic mass is 16.5. The van der Waals surface area contributed by atoms with Gasteiger partial charge < -0.3 is 14.6 Å². The normalized spacial score (nSPS) is 16.1. The molecule has 27 heavy (non-hydrogen) atoms. The molecule has 2 heterocycles. The largest absolute Gasteiger partial charge is 0.493 e. The molecule has 0 saturated carbocycles. The van der Waals surface area contributed by atoms with Crippen LogP contribution in [-0.2, 0) is 17.7 Å². The quantitative estimate of drug-likeness (QED) is 0.841. The summed E-state index contributed by atoms with van der Waals surface area (Å²) in [5, 5.41) is 13.4. The summed E-state index contributed by atoms with van der Waals surface area (Å²) in [5.74, 6) is 0.804. The van der Waals surface area contributed by atoms with Gasteiger partial charge in [0.15, 0.2) is 0 Å². The highest BCUT2D eigenvalue weighted by molar-refractivity contribution is 5.92. The Morgan fingerprint density at radius 2 is 2.22 bits per heavy atom. The number of aromatic nitrogens is 2. The lowest BCUT2D eigenvalue weighted by molar-refractivity contribution is 0.175. The zero-order valence-corrected chi connectivity index (χ0v) is 16.1. The van der Waals surface area contributed by atoms with E-state index < -0.39 is 0 Å². The molecule has 2 aromatic rings. The first-order valence-corrected chi connectivity index (χ1v) is 9.40. The van der Waals surface area contributed by atoms with Gasteiger partial charge in [-0.05, 0) is 38.3 Å². The minimum Gasteiger partial charge on any atom is -0.493 e. The third-order valence-electron chi connectivity index (χ3n) is 4.84. The Balaban J connectivity index is 2.09. The Hall–Kier alpha value is -2.54. The number of amides is 1. The van der Waals surface area contributed by atoms with E-state index in [1.54, 1.807) is 15.8 Å². The van der Waals surface area contributed by atoms with Crippen molar-refractivity contribution in [1.29, 1.82) is 0 Å². The smallest absolute Gasteiger partial charge is 0.414 e. The number of carbonyl (C=O) groups excluding carboxylic acids is 1. The van der Waals surface area contributed by atoms with Gasteiger partial charge in [-0.15, -0.1) is 0 Å². The number of anilines is 1.